The van der Waals surface area contributed by atoms with Crippen molar-refractivity contribution in [2.45, 2.75) is 13.2 Å². The first-order valence-electron chi connectivity index (χ1n) is 4.64. The van der Waals surface area contributed by atoms with Crippen molar-refractivity contribution in [3.8, 4) is 0 Å². The minimum Gasteiger partial charge on any atom is -0.395 e. The second-order valence-electron chi connectivity index (χ2n) is 3.28. The Morgan fingerprint density at radius 2 is 2.00 bits per heavy atom. The highest BCUT2D eigenvalue weighted by Gasteiger charge is 2.00. The maximum Gasteiger partial charge on any atom is 0.0682 e. The zero-order chi connectivity index (χ0) is 9.97. The third kappa shape index (κ3) is 1.52. The molecule has 74 valence electrons. The summed E-state index contributed by atoms with van der Waals surface area (Å²) < 4.78 is 1.98. The van der Waals surface area contributed by atoms with Gasteiger partial charge in [-0.15, -0.1) is 0 Å². The molecule has 0 aliphatic heterocycles. The smallest absolute Gasteiger partial charge is 0.0682 e. The van der Waals surface area contributed by atoms with Crippen LogP contribution in [0, 0.1) is 0 Å². The summed E-state index contributed by atoms with van der Waals surface area (Å²) >= 11 is 0. The normalized spacial score (nSPS) is 11.0. The molecular weight excluding hydrogens is 178 g/mol. The van der Waals surface area contributed by atoms with Crippen molar-refractivity contribution in [3.63, 3.8) is 0 Å². The molecule has 3 heteroatoms. The van der Waals surface area contributed by atoms with E-state index in [1.165, 1.54) is 0 Å². The molecular formula is C11H13NO2. The summed E-state index contributed by atoms with van der Waals surface area (Å²) in [6, 6.07) is 7.84. The van der Waals surface area contributed by atoms with E-state index < -0.39 is 0 Å². The van der Waals surface area contributed by atoms with Crippen LogP contribution in [0.5, 0.6) is 0 Å². The maximum atomic E-state index is 9.00. The van der Waals surface area contributed by atoms with Crippen LogP contribution in [0.15, 0.2) is 30.5 Å². The molecule has 0 bridgehead atoms. The minimum absolute atomic E-state index is 0.0558. The van der Waals surface area contributed by atoms with Crippen LogP contribution in [-0.4, -0.2) is 21.4 Å². The van der Waals surface area contributed by atoms with Gasteiger partial charge in [0.05, 0.1) is 13.2 Å². The van der Waals surface area contributed by atoms with E-state index in [2.05, 4.69) is 0 Å². The molecule has 1 heterocycles. The molecule has 0 aliphatic rings. The fourth-order valence-corrected chi connectivity index (χ4v) is 1.63. The lowest BCUT2D eigenvalue weighted by Crippen LogP contribution is -2.00. The zero-order valence-corrected chi connectivity index (χ0v) is 7.85. The van der Waals surface area contributed by atoms with Crippen molar-refractivity contribution < 1.29 is 10.2 Å². The summed E-state index contributed by atoms with van der Waals surface area (Å²) in [4.78, 5) is 0. The number of aromatic nitrogens is 1. The highest BCUT2D eigenvalue weighted by molar-refractivity contribution is 5.80. The van der Waals surface area contributed by atoms with Gasteiger partial charge in [0, 0.05) is 18.3 Å². The summed E-state index contributed by atoms with van der Waals surface area (Å²) in [6.45, 7) is 0.783. The molecule has 0 radical (unpaired) electrons. The van der Waals surface area contributed by atoms with E-state index >= 15 is 0 Å². The maximum absolute atomic E-state index is 9.00. The Labute approximate surface area is 82.2 Å². The van der Waals surface area contributed by atoms with Gasteiger partial charge in [-0.1, -0.05) is 12.1 Å². The Morgan fingerprint density at radius 1 is 1.14 bits per heavy atom. The van der Waals surface area contributed by atoms with Crippen molar-refractivity contribution >= 4 is 10.9 Å². The van der Waals surface area contributed by atoms with Gasteiger partial charge in [0.25, 0.3) is 0 Å². The number of fused-ring (bicyclic) bond motifs is 1. The van der Waals surface area contributed by atoms with E-state index in [0.29, 0.717) is 6.54 Å². The fourth-order valence-electron chi connectivity index (χ4n) is 1.63. The summed E-state index contributed by atoms with van der Waals surface area (Å²) in [6.07, 6.45) is 1.95. The molecule has 1 aromatic heterocycles. The molecule has 2 aromatic rings. The molecule has 1 aromatic carbocycles. The quantitative estimate of drug-likeness (QED) is 0.763. The zero-order valence-electron chi connectivity index (χ0n) is 7.85. The molecule has 2 N–H and O–H groups in total. The molecule has 0 saturated heterocycles. The standard InChI is InChI=1S/C11H13NO2/c13-6-5-12-4-3-10-2-1-9(8-14)7-11(10)12/h1-4,7,13-14H,5-6,8H2. The Balaban J connectivity index is 2.52. The van der Waals surface area contributed by atoms with Crippen LogP contribution in [0.1, 0.15) is 5.56 Å². The largest absolute Gasteiger partial charge is 0.395 e. The van der Waals surface area contributed by atoms with E-state index in [1.54, 1.807) is 0 Å². The van der Waals surface area contributed by atoms with Crippen molar-refractivity contribution in [2.75, 3.05) is 6.61 Å². The summed E-state index contributed by atoms with van der Waals surface area (Å²) in [5.41, 5.74) is 1.96. The van der Waals surface area contributed by atoms with Gasteiger partial charge in [-0.2, -0.15) is 0 Å². The Hall–Kier alpha value is -1.32. The number of rotatable bonds is 3. The first-order valence-corrected chi connectivity index (χ1v) is 4.64. The second kappa shape index (κ2) is 3.82. The van der Waals surface area contributed by atoms with Crippen LogP contribution in [-0.2, 0) is 13.2 Å². The molecule has 2 rings (SSSR count). The van der Waals surface area contributed by atoms with Crippen LogP contribution in [0.3, 0.4) is 0 Å². The predicted octanol–water partition coefficient (Wildman–Crippen LogP) is 1.13. The minimum atomic E-state index is 0.0558. The molecule has 3 nitrogen and oxygen atoms in total. The van der Waals surface area contributed by atoms with Gasteiger partial charge in [0.1, 0.15) is 0 Å². The fraction of sp³-hybridized carbons (Fsp3) is 0.273. The third-order valence-corrected chi connectivity index (χ3v) is 2.36. The molecule has 0 saturated carbocycles. The molecule has 0 spiro atoms. The summed E-state index contributed by atoms with van der Waals surface area (Å²) in [5, 5.41) is 19.0. The SMILES string of the molecule is OCCn1ccc2ccc(CO)cc21. The monoisotopic (exact) mass is 191 g/mol. The lowest BCUT2D eigenvalue weighted by molar-refractivity contribution is 0.277. The number of aliphatic hydroxyl groups excluding tert-OH is 2. The van der Waals surface area contributed by atoms with Crippen LogP contribution >= 0.6 is 0 Å². The highest BCUT2D eigenvalue weighted by Crippen LogP contribution is 2.17. The summed E-state index contributed by atoms with van der Waals surface area (Å²) in [5.74, 6) is 0. The Bertz CT molecular complexity index is 434. The summed E-state index contributed by atoms with van der Waals surface area (Å²) in [7, 11) is 0. The van der Waals surface area contributed by atoms with Crippen LogP contribution in [0.2, 0.25) is 0 Å². The van der Waals surface area contributed by atoms with E-state index in [0.717, 1.165) is 16.5 Å². The lowest BCUT2D eigenvalue weighted by atomic mass is 10.2. The van der Waals surface area contributed by atoms with E-state index in [-0.39, 0.29) is 13.2 Å². The number of nitrogens with zero attached hydrogens (tertiary/aromatic N) is 1. The predicted molar refractivity (Wildman–Crippen MR) is 54.9 cm³/mol. The molecule has 0 aliphatic carbocycles. The van der Waals surface area contributed by atoms with E-state index in [1.807, 2.05) is 35.0 Å². The van der Waals surface area contributed by atoms with Crippen molar-refractivity contribution in [1.82, 2.24) is 4.57 Å². The number of aliphatic hydroxyl groups is 2. The molecule has 0 atom stereocenters. The van der Waals surface area contributed by atoms with Crippen molar-refractivity contribution in [2.24, 2.45) is 0 Å². The lowest BCUT2D eigenvalue weighted by Gasteiger charge is -2.03. The number of hydrogen-bond donors (Lipinski definition) is 2. The van der Waals surface area contributed by atoms with Crippen molar-refractivity contribution in [1.29, 1.82) is 0 Å². The molecule has 0 unspecified atom stereocenters. The van der Waals surface area contributed by atoms with Crippen LogP contribution in [0.4, 0.5) is 0 Å². The van der Waals surface area contributed by atoms with Crippen LogP contribution < -0.4 is 0 Å². The third-order valence-electron chi connectivity index (χ3n) is 2.36. The van der Waals surface area contributed by atoms with Gasteiger partial charge in [0.2, 0.25) is 0 Å². The number of hydrogen-bond acceptors (Lipinski definition) is 2. The first kappa shape index (κ1) is 9.24. The number of benzene rings is 1. The van der Waals surface area contributed by atoms with Crippen molar-refractivity contribution in [3.05, 3.63) is 36.0 Å². The van der Waals surface area contributed by atoms with Gasteiger partial charge in [-0.25, -0.2) is 0 Å². The van der Waals surface area contributed by atoms with Gasteiger partial charge in [-0.05, 0) is 23.1 Å². The van der Waals surface area contributed by atoms with Gasteiger partial charge >= 0.3 is 0 Å². The Kier molecular flexibility index (Phi) is 2.52. The van der Waals surface area contributed by atoms with Gasteiger partial charge in [0.15, 0.2) is 0 Å². The molecule has 0 amide bonds. The molecule has 14 heavy (non-hydrogen) atoms. The second-order valence-corrected chi connectivity index (χ2v) is 3.28. The topological polar surface area (TPSA) is 45.4 Å². The average molecular weight is 191 g/mol. The van der Waals surface area contributed by atoms with Gasteiger partial charge < -0.3 is 14.8 Å². The highest BCUT2D eigenvalue weighted by atomic mass is 16.3. The van der Waals surface area contributed by atoms with Gasteiger partial charge in [-0.3, -0.25) is 0 Å². The average Bonchev–Trinajstić information content (AvgIpc) is 2.61. The van der Waals surface area contributed by atoms with E-state index in [4.69, 9.17) is 10.2 Å². The first-order chi connectivity index (χ1) is 6.85. The molecule has 0 fully saturated rings. The Morgan fingerprint density at radius 3 is 2.71 bits per heavy atom. The van der Waals surface area contributed by atoms with Crippen LogP contribution in [0.25, 0.3) is 10.9 Å². The van der Waals surface area contributed by atoms with E-state index in [9.17, 15) is 0 Å².